The molecule has 1 aliphatic carbocycles. The minimum absolute atomic E-state index is 0.107. The van der Waals surface area contributed by atoms with Gasteiger partial charge in [0, 0.05) is 13.5 Å². The molecule has 9 nitrogen and oxygen atoms in total. The summed E-state index contributed by atoms with van der Waals surface area (Å²) in [7, 11) is 1.40. The maximum atomic E-state index is 13.1. The number of hydrogen-bond donors (Lipinski definition) is 2. The molecule has 3 rings (SSSR count). The molecule has 1 aromatic carbocycles. The van der Waals surface area contributed by atoms with E-state index in [1.165, 1.54) is 7.05 Å². The zero-order valence-corrected chi connectivity index (χ0v) is 15.0. The average molecular weight is 441 g/mol. The van der Waals surface area contributed by atoms with E-state index in [1.54, 1.807) is 0 Å². The molecule has 29 heavy (non-hydrogen) atoms. The van der Waals surface area contributed by atoms with Crippen LogP contribution in [0.1, 0.15) is 16.8 Å². The number of carbonyl (C=O) groups excluding carboxylic acids is 2. The van der Waals surface area contributed by atoms with E-state index in [0.29, 0.717) is 6.07 Å². The highest BCUT2D eigenvalue weighted by Gasteiger charge is 2.61. The Morgan fingerprint density at radius 3 is 2.48 bits per heavy atom. The van der Waals surface area contributed by atoms with Crippen molar-refractivity contribution in [3.05, 3.63) is 22.7 Å². The maximum absolute atomic E-state index is 13.1. The van der Waals surface area contributed by atoms with Crippen LogP contribution in [0.25, 0.3) is 0 Å². The Hall–Kier alpha value is -3.03. The zero-order chi connectivity index (χ0) is 21.6. The number of aryl methyl sites for hydroxylation is 1. The van der Waals surface area contributed by atoms with Crippen LogP contribution in [0.4, 0.5) is 33.6 Å². The van der Waals surface area contributed by atoms with Gasteiger partial charge >= 0.3 is 6.36 Å². The number of ether oxygens (including phenoxy) is 1. The van der Waals surface area contributed by atoms with E-state index in [2.05, 4.69) is 25.6 Å². The maximum Gasteiger partial charge on any atom is 0.573 e. The standard InChI is InChI=1S/C14H10ClF5N6O3/c1-26-12(23-24-25-26)22-10(27)5-2-3-7(29-14(18,19)20)9(8(5)15)21-11(28)6-4-13(6,16)17/h2-3,6H,4H2,1H3,(H,21,28)(H,22,23,25,27). The molecule has 1 aromatic heterocycles. The Labute approximate surface area is 163 Å². The molecule has 2 aromatic rings. The first kappa shape index (κ1) is 20.7. The van der Waals surface area contributed by atoms with Gasteiger partial charge in [0.2, 0.25) is 11.9 Å². The van der Waals surface area contributed by atoms with Gasteiger partial charge in [-0.1, -0.05) is 16.7 Å². The molecule has 0 spiro atoms. The second-order valence-electron chi connectivity index (χ2n) is 5.94. The largest absolute Gasteiger partial charge is 0.573 e. The predicted octanol–water partition coefficient (Wildman–Crippen LogP) is 2.61. The van der Waals surface area contributed by atoms with E-state index in [9.17, 15) is 31.5 Å². The van der Waals surface area contributed by atoms with E-state index >= 15 is 0 Å². The fourth-order valence-electron chi connectivity index (χ4n) is 2.27. The summed E-state index contributed by atoms with van der Waals surface area (Å²) in [5.41, 5.74) is -1.16. The summed E-state index contributed by atoms with van der Waals surface area (Å²) < 4.78 is 69.0. The van der Waals surface area contributed by atoms with Gasteiger partial charge in [0.05, 0.1) is 10.6 Å². The highest BCUT2D eigenvalue weighted by molar-refractivity contribution is 6.37. The number of nitrogens with one attached hydrogen (secondary N) is 2. The van der Waals surface area contributed by atoms with Crippen molar-refractivity contribution < 1.29 is 36.3 Å². The highest BCUT2D eigenvalue weighted by atomic mass is 35.5. The molecular weight excluding hydrogens is 431 g/mol. The molecule has 0 radical (unpaired) electrons. The lowest BCUT2D eigenvalue weighted by atomic mass is 10.1. The van der Waals surface area contributed by atoms with Gasteiger partial charge in [-0.25, -0.2) is 13.5 Å². The van der Waals surface area contributed by atoms with E-state index in [0.717, 1.165) is 10.7 Å². The van der Waals surface area contributed by atoms with Gasteiger partial charge < -0.3 is 10.1 Å². The second-order valence-corrected chi connectivity index (χ2v) is 6.31. The van der Waals surface area contributed by atoms with E-state index in [-0.39, 0.29) is 11.5 Å². The average Bonchev–Trinajstić information content (AvgIpc) is 3.05. The topological polar surface area (TPSA) is 111 Å². The minimum atomic E-state index is -5.17. The third kappa shape index (κ3) is 4.52. The Kier molecular flexibility index (Phi) is 5.06. The number of benzene rings is 1. The first-order valence-corrected chi connectivity index (χ1v) is 8.07. The Morgan fingerprint density at radius 1 is 1.31 bits per heavy atom. The number of carbonyl (C=O) groups is 2. The predicted molar refractivity (Wildman–Crippen MR) is 86.6 cm³/mol. The molecule has 1 aliphatic rings. The second kappa shape index (κ2) is 7.09. The molecule has 0 bridgehead atoms. The van der Waals surface area contributed by atoms with Gasteiger partial charge in [-0.3, -0.25) is 14.9 Å². The van der Waals surface area contributed by atoms with Gasteiger partial charge in [0.1, 0.15) is 11.6 Å². The summed E-state index contributed by atoms with van der Waals surface area (Å²) in [5.74, 6) is -8.27. The smallest absolute Gasteiger partial charge is 0.404 e. The quantitative estimate of drug-likeness (QED) is 0.691. The van der Waals surface area contributed by atoms with Crippen molar-refractivity contribution in [1.29, 1.82) is 0 Å². The van der Waals surface area contributed by atoms with Crippen molar-refractivity contribution >= 4 is 35.1 Å². The first-order chi connectivity index (χ1) is 13.4. The van der Waals surface area contributed by atoms with Crippen molar-refractivity contribution in [2.24, 2.45) is 13.0 Å². The number of alkyl halides is 5. The van der Waals surface area contributed by atoms with Crippen molar-refractivity contribution in [2.75, 3.05) is 10.6 Å². The van der Waals surface area contributed by atoms with Crippen LogP contribution in [0.5, 0.6) is 5.75 Å². The third-order valence-corrected chi connectivity index (χ3v) is 4.20. The molecule has 15 heteroatoms. The monoisotopic (exact) mass is 440 g/mol. The van der Waals surface area contributed by atoms with Crippen molar-refractivity contribution in [1.82, 2.24) is 20.2 Å². The van der Waals surface area contributed by atoms with Crippen molar-refractivity contribution in [3.63, 3.8) is 0 Å². The molecule has 1 atom stereocenters. The molecule has 1 fully saturated rings. The van der Waals surface area contributed by atoms with Gasteiger partial charge in [-0.15, -0.1) is 13.2 Å². The third-order valence-electron chi connectivity index (χ3n) is 3.81. The van der Waals surface area contributed by atoms with Gasteiger partial charge in [0.25, 0.3) is 11.8 Å². The number of aromatic nitrogens is 4. The molecule has 1 heterocycles. The molecule has 0 aliphatic heterocycles. The fraction of sp³-hybridized carbons (Fsp3) is 0.357. The summed E-state index contributed by atoms with van der Waals surface area (Å²) in [6.45, 7) is 0. The molecule has 1 unspecified atom stereocenters. The van der Waals surface area contributed by atoms with Crippen LogP contribution in [0.3, 0.4) is 0 Å². The van der Waals surface area contributed by atoms with Crippen molar-refractivity contribution in [3.8, 4) is 5.75 Å². The molecule has 0 saturated heterocycles. The molecule has 2 amide bonds. The van der Waals surface area contributed by atoms with Crippen LogP contribution >= 0.6 is 11.6 Å². The summed E-state index contributed by atoms with van der Waals surface area (Å²) in [4.78, 5) is 24.3. The highest BCUT2D eigenvalue weighted by Crippen LogP contribution is 2.50. The number of nitrogens with zero attached hydrogens (tertiary/aromatic N) is 4. The van der Waals surface area contributed by atoms with Gasteiger partial charge in [-0.2, -0.15) is 0 Å². The number of tetrazole rings is 1. The van der Waals surface area contributed by atoms with E-state index < -0.39 is 52.9 Å². The Morgan fingerprint density at radius 2 is 1.97 bits per heavy atom. The molecule has 1 saturated carbocycles. The van der Waals surface area contributed by atoms with E-state index in [1.807, 2.05) is 5.32 Å². The SMILES string of the molecule is Cn1nnnc1NC(=O)c1ccc(OC(F)(F)F)c(NC(=O)C2CC2(F)F)c1Cl. The molecule has 2 N–H and O–H groups in total. The summed E-state index contributed by atoms with van der Waals surface area (Å²) in [6, 6.07) is 1.60. The zero-order valence-electron chi connectivity index (χ0n) is 14.2. The summed E-state index contributed by atoms with van der Waals surface area (Å²) in [6.07, 6.45) is -5.92. The Bertz CT molecular complexity index is 979. The van der Waals surface area contributed by atoms with Gasteiger partial charge in [0.15, 0.2) is 5.75 Å². The molecule has 156 valence electrons. The lowest BCUT2D eigenvalue weighted by Crippen LogP contribution is -2.23. The van der Waals surface area contributed by atoms with Crippen LogP contribution < -0.4 is 15.4 Å². The number of halogens is 6. The van der Waals surface area contributed by atoms with Crippen LogP contribution in [-0.2, 0) is 11.8 Å². The van der Waals surface area contributed by atoms with Crippen LogP contribution in [0.15, 0.2) is 12.1 Å². The van der Waals surface area contributed by atoms with Gasteiger partial charge in [-0.05, 0) is 22.6 Å². The number of amides is 2. The van der Waals surface area contributed by atoms with Crippen LogP contribution in [0.2, 0.25) is 5.02 Å². The Balaban J connectivity index is 1.93. The minimum Gasteiger partial charge on any atom is -0.404 e. The van der Waals surface area contributed by atoms with Crippen molar-refractivity contribution in [2.45, 2.75) is 18.7 Å². The lowest BCUT2D eigenvalue weighted by Gasteiger charge is -2.17. The number of hydrogen-bond acceptors (Lipinski definition) is 6. The first-order valence-electron chi connectivity index (χ1n) is 7.69. The summed E-state index contributed by atoms with van der Waals surface area (Å²) >= 11 is 5.99. The number of anilines is 2. The van der Waals surface area contributed by atoms with Crippen LogP contribution in [0, 0.1) is 5.92 Å². The normalized spacial score (nSPS) is 17.6. The fourth-order valence-corrected chi connectivity index (χ4v) is 2.56. The molecular formula is C14H10ClF5N6O3. The lowest BCUT2D eigenvalue weighted by molar-refractivity contribution is -0.274. The number of rotatable bonds is 5. The summed E-state index contributed by atoms with van der Waals surface area (Å²) in [5, 5.41) is 13.7. The van der Waals surface area contributed by atoms with Crippen LogP contribution in [-0.4, -0.2) is 44.3 Å². The van der Waals surface area contributed by atoms with E-state index in [4.69, 9.17) is 11.6 Å².